The van der Waals surface area contributed by atoms with Crippen LogP contribution in [0.1, 0.15) is 18.9 Å². The standard InChI is InChI=1S/C38H36N2Si/c1-25-23-32-30(37-28-15-6-4-13-26(28)24-27-14-5-7-16-29(27)37)17-12-18-31(32)38(25)41(2,3)40-35-21-10-8-19-33(35)39-34-20-9-11-22-36(34)40/h4-22,24-25,31-32,38-39H,23H2,1-3H3/t25-,31+,32-,38?/m1/s1. The molecule has 2 aliphatic carbocycles. The molecule has 0 spiro atoms. The summed E-state index contributed by atoms with van der Waals surface area (Å²) in [6.45, 7) is 7.77. The van der Waals surface area contributed by atoms with E-state index in [9.17, 15) is 0 Å². The van der Waals surface area contributed by atoms with Crippen LogP contribution in [0.15, 0.2) is 121 Å². The number of nitrogens with one attached hydrogen (secondary N) is 1. The quantitative estimate of drug-likeness (QED) is 0.178. The van der Waals surface area contributed by atoms with E-state index in [1.54, 1.807) is 0 Å². The molecule has 3 aliphatic rings. The van der Waals surface area contributed by atoms with Gasteiger partial charge in [0.2, 0.25) is 0 Å². The molecule has 4 atom stereocenters. The molecule has 0 radical (unpaired) electrons. The van der Waals surface area contributed by atoms with Gasteiger partial charge in [0.05, 0.1) is 22.7 Å². The van der Waals surface area contributed by atoms with E-state index < -0.39 is 8.24 Å². The predicted molar refractivity (Wildman–Crippen MR) is 179 cm³/mol. The van der Waals surface area contributed by atoms with Gasteiger partial charge in [-0.3, -0.25) is 0 Å². The average molecular weight is 549 g/mol. The molecule has 202 valence electrons. The van der Waals surface area contributed by atoms with Gasteiger partial charge < -0.3 is 9.88 Å². The Morgan fingerprint density at radius 3 is 1.93 bits per heavy atom. The Kier molecular flexibility index (Phi) is 5.55. The summed E-state index contributed by atoms with van der Waals surface area (Å²) in [5, 5.41) is 9.14. The highest BCUT2D eigenvalue weighted by molar-refractivity contribution is 6.84. The van der Waals surface area contributed by atoms with E-state index in [1.807, 2.05) is 0 Å². The van der Waals surface area contributed by atoms with Crippen LogP contribution in [0.25, 0.3) is 27.1 Å². The molecule has 1 fully saturated rings. The highest BCUT2D eigenvalue weighted by atomic mass is 28.3. The van der Waals surface area contributed by atoms with E-state index in [0.29, 0.717) is 23.3 Å². The maximum absolute atomic E-state index is 3.72. The van der Waals surface area contributed by atoms with Crippen molar-refractivity contribution in [2.75, 3.05) is 9.88 Å². The zero-order valence-corrected chi connectivity index (χ0v) is 25.0. The molecule has 5 aromatic rings. The lowest BCUT2D eigenvalue weighted by Crippen LogP contribution is -2.53. The van der Waals surface area contributed by atoms with Crippen LogP contribution in [-0.2, 0) is 0 Å². The molecule has 0 amide bonds. The van der Waals surface area contributed by atoms with Crippen LogP contribution in [-0.4, -0.2) is 8.24 Å². The number of benzene rings is 5. The molecular weight excluding hydrogens is 513 g/mol. The lowest BCUT2D eigenvalue weighted by molar-refractivity contribution is 0.550. The third kappa shape index (κ3) is 3.68. The van der Waals surface area contributed by atoms with Gasteiger partial charge in [-0.15, -0.1) is 0 Å². The Morgan fingerprint density at radius 2 is 1.29 bits per heavy atom. The first-order chi connectivity index (χ1) is 20.0. The summed E-state index contributed by atoms with van der Waals surface area (Å²) in [6, 6.07) is 38.1. The number of para-hydroxylation sites is 4. The predicted octanol–water partition coefficient (Wildman–Crippen LogP) is 10.7. The fourth-order valence-corrected chi connectivity index (χ4v) is 13.4. The van der Waals surface area contributed by atoms with Gasteiger partial charge in [-0.25, -0.2) is 0 Å². The van der Waals surface area contributed by atoms with Crippen LogP contribution in [0.4, 0.5) is 22.7 Å². The third-order valence-electron chi connectivity index (χ3n) is 10.1. The maximum Gasteiger partial charge on any atom is 0.160 e. The van der Waals surface area contributed by atoms with Crippen LogP contribution in [0.2, 0.25) is 18.6 Å². The van der Waals surface area contributed by atoms with Gasteiger partial charge in [-0.1, -0.05) is 111 Å². The normalized spacial score (nSPS) is 23.1. The fourth-order valence-electron chi connectivity index (χ4n) is 8.69. The summed E-state index contributed by atoms with van der Waals surface area (Å²) in [6.07, 6.45) is 8.61. The molecule has 1 saturated carbocycles. The van der Waals surface area contributed by atoms with E-state index in [4.69, 9.17) is 0 Å². The summed E-state index contributed by atoms with van der Waals surface area (Å²) in [5.41, 5.74) is 8.69. The van der Waals surface area contributed by atoms with Crippen LogP contribution in [0.3, 0.4) is 0 Å². The molecule has 8 rings (SSSR count). The van der Waals surface area contributed by atoms with Crippen molar-refractivity contribution in [2.24, 2.45) is 17.8 Å². The molecule has 3 heteroatoms. The van der Waals surface area contributed by atoms with E-state index >= 15 is 0 Å². The Bertz CT molecular complexity index is 1780. The second-order valence-corrected chi connectivity index (χ2v) is 17.2. The van der Waals surface area contributed by atoms with E-state index in [0.717, 1.165) is 0 Å². The van der Waals surface area contributed by atoms with Gasteiger partial charge in [-0.05, 0) is 92.7 Å². The monoisotopic (exact) mass is 548 g/mol. The molecule has 1 heterocycles. The molecule has 1 unspecified atom stereocenters. The Balaban J connectivity index is 1.26. The smallest absolute Gasteiger partial charge is 0.160 e. The van der Waals surface area contributed by atoms with Crippen molar-refractivity contribution >= 4 is 58.1 Å². The van der Waals surface area contributed by atoms with Crippen molar-refractivity contribution < 1.29 is 0 Å². The van der Waals surface area contributed by atoms with Crippen molar-refractivity contribution in [1.29, 1.82) is 0 Å². The first-order valence-electron chi connectivity index (χ1n) is 15.1. The summed E-state index contributed by atoms with van der Waals surface area (Å²) in [5.74, 6) is 1.68. The van der Waals surface area contributed by atoms with Gasteiger partial charge in [-0.2, -0.15) is 0 Å². The summed E-state index contributed by atoms with van der Waals surface area (Å²) in [4.78, 5) is 0. The van der Waals surface area contributed by atoms with E-state index in [2.05, 4.69) is 151 Å². The van der Waals surface area contributed by atoms with Crippen molar-refractivity contribution in [2.45, 2.75) is 32.0 Å². The lowest BCUT2D eigenvalue weighted by Gasteiger charge is -2.49. The second kappa shape index (κ2) is 9.22. The minimum atomic E-state index is -2.07. The van der Waals surface area contributed by atoms with Crippen molar-refractivity contribution in [3.63, 3.8) is 0 Å². The number of rotatable bonds is 3. The molecule has 0 aromatic heterocycles. The Hall–Kier alpha value is -4.08. The number of allylic oxidation sites excluding steroid dienone is 4. The Labute approximate surface area is 244 Å². The number of anilines is 4. The highest BCUT2D eigenvalue weighted by Gasteiger charge is 2.53. The van der Waals surface area contributed by atoms with Crippen LogP contribution >= 0.6 is 0 Å². The highest BCUT2D eigenvalue weighted by Crippen LogP contribution is 2.60. The van der Waals surface area contributed by atoms with E-state index in [-0.39, 0.29) is 0 Å². The van der Waals surface area contributed by atoms with Gasteiger partial charge >= 0.3 is 0 Å². The van der Waals surface area contributed by atoms with Crippen molar-refractivity contribution in [3.8, 4) is 0 Å². The van der Waals surface area contributed by atoms with Gasteiger partial charge in [0.25, 0.3) is 0 Å². The first-order valence-corrected chi connectivity index (χ1v) is 18.1. The van der Waals surface area contributed by atoms with Crippen molar-refractivity contribution in [1.82, 2.24) is 0 Å². The first kappa shape index (κ1) is 24.7. The molecule has 0 saturated heterocycles. The zero-order chi connectivity index (χ0) is 27.7. The van der Waals surface area contributed by atoms with Crippen LogP contribution < -0.4 is 9.88 Å². The Morgan fingerprint density at radius 1 is 0.732 bits per heavy atom. The second-order valence-electron chi connectivity index (χ2n) is 12.8. The SMILES string of the molecule is C[C@@H]1C[C@@H]2C(c3c4ccccc4cc4ccccc34)=CC=C[C@@H]2C1[Si](C)(C)N1c2ccccc2Nc2ccccc21. The summed E-state index contributed by atoms with van der Waals surface area (Å²) in [7, 11) is -2.07. The molecule has 1 N–H and O–H groups in total. The van der Waals surface area contributed by atoms with Gasteiger partial charge in [0, 0.05) is 0 Å². The molecule has 2 nitrogen and oxygen atoms in total. The fraction of sp³-hybridized carbons (Fsp3) is 0.211. The number of hydrogen-bond donors (Lipinski definition) is 1. The lowest BCUT2D eigenvalue weighted by atomic mass is 9.78. The molecule has 41 heavy (non-hydrogen) atoms. The molecular formula is C38H36N2Si. The van der Waals surface area contributed by atoms with E-state index in [1.165, 1.54) is 61.9 Å². The summed E-state index contributed by atoms with van der Waals surface area (Å²) >= 11 is 0. The zero-order valence-electron chi connectivity index (χ0n) is 24.0. The summed E-state index contributed by atoms with van der Waals surface area (Å²) < 4.78 is 2.77. The van der Waals surface area contributed by atoms with Crippen LogP contribution in [0.5, 0.6) is 0 Å². The third-order valence-corrected chi connectivity index (χ3v) is 14.4. The number of hydrogen-bond acceptors (Lipinski definition) is 2. The van der Waals surface area contributed by atoms with Crippen LogP contribution in [0, 0.1) is 17.8 Å². The minimum absolute atomic E-state index is 0.523. The largest absolute Gasteiger partial charge is 0.366 e. The molecule has 0 bridgehead atoms. The maximum atomic E-state index is 3.72. The molecule has 1 aliphatic heterocycles. The van der Waals surface area contributed by atoms with Gasteiger partial charge in [0.1, 0.15) is 0 Å². The van der Waals surface area contributed by atoms with Crippen molar-refractivity contribution in [3.05, 3.63) is 127 Å². The topological polar surface area (TPSA) is 15.3 Å². The number of fused-ring (bicyclic) bond motifs is 5. The minimum Gasteiger partial charge on any atom is -0.366 e. The average Bonchev–Trinajstić information content (AvgIpc) is 3.35. The number of nitrogens with zero attached hydrogens (tertiary/aromatic N) is 1. The van der Waals surface area contributed by atoms with Gasteiger partial charge in [0.15, 0.2) is 8.24 Å². The molecule has 5 aromatic carbocycles.